The SMILES string of the molecule is Cc1cccc(NC(=O)CSc2nc(=O)n(CCO)c3c2CCCC3)c1C. The van der Waals surface area contributed by atoms with Crippen molar-refractivity contribution in [2.45, 2.75) is 51.1 Å². The molecule has 1 aliphatic rings. The fourth-order valence-electron chi connectivity index (χ4n) is 3.40. The van der Waals surface area contributed by atoms with Crippen LogP contribution in [0.3, 0.4) is 0 Å². The van der Waals surface area contributed by atoms with E-state index in [1.807, 2.05) is 32.0 Å². The monoisotopic (exact) mass is 387 g/mol. The second-order valence-electron chi connectivity index (χ2n) is 6.79. The number of benzene rings is 1. The number of fused-ring (bicyclic) bond motifs is 1. The maximum absolute atomic E-state index is 12.4. The van der Waals surface area contributed by atoms with Gasteiger partial charge in [-0.05, 0) is 56.7 Å². The van der Waals surface area contributed by atoms with Crippen LogP contribution in [0.1, 0.15) is 35.2 Å². The number of aryl methyl sites for hydroxylation is 1. The largest absolute Gasteiger partial charge is 0.395 e. The lowest BCUT2D eigenvalue weighted by Crippen LogP contribution is -2.31. The third kappa shape index (κ3) is 4.42. The van der Waals surface area contributed by atoms with Crippen LogP contribution in [0.25, 0.3) is 0 Å². The molecule has 1 amide bonds. The van der Waals surface area contributed by atoms with E-state index < -0.39 is 0 Å². The summed E-state index contributed by atoms with van der Waals surface area (Å²) < 4.78 is 1.58. The van der Waals surface area contributed by atoms with Crippen LogP contribution in [0.4, 0.5) is 5.69 Å². The number of amides is 1. The number of aliphatic hydroxyl groups excluding tert-OH is 1. The van der Waals surface area contributed by atoms with Crippen LogP contribution >= 0.6 is 11.8 Å². The Bertz CT molecular complexity index is 908. The summed E-state index contributed by atoms with van der Waals surface area (Å²) >= 11 is 1.31. The number of nitrogens with zero attached hydrogens (tertiary/aromatic N) is 2. The number of hydrogen-bond donors (Lipinski definition) is 2. The van der Waals surface area contributed by atoms with Gasteiger partial charge in [-0.2, -0.15) is 4.98 Å². The van der Waals surface area contributed by atoms with Crippen LogP contribution in [0, 0.1) is 13.8 Å². The number of rotatable bonds is 6. The molecular formula is C20H25N3O3S. The second kappa shape index (κ2) is 8.71. The van der Waals surface area contributed by atoms with Gasteiger partial charge in [-0.15, -0.1) is 0 Å². The van der Waals surface area contributed by atoms with Gasteiger partial charge in [0.2, 0.25) is 5.91 Å². The Morgan fingerprint density at radius 1 is 1.30 bits per heavy atom. The predicted molar refractivity (Wildman–Crippen MR) is 107 cm³/mol. The smallest absolute Gasteiger partial charge is 0.348 e. The van der Waals surface area contributed by atoms with E-state index in [4.69, 9.17) is 0 Å². The number of carbonyl (C=O) groups excluding carboxylic acids is 1. The van der Waals surface area contributed by atoms with Crippen LogP contribution in [0.2, 0.25) is 0 Å². The summed E-state index contributed by atoms with van der Waals surface area (Å²) in [6.07, 6.45) is 3.75. The van der Waals surface area contributed by atoms with E-state index in [0.717, 1.165) is 53.8 Å². The molecular weight excluding hydrogens is 362 g/mol. The van der Waals surface area contributed by atoms with Crippen LogP contribution in [0.5, 0.6) is 0 Å². The summed E-state index contributed by atoms with van der Waals surface area (Å²) in [5.74, 6) is 0.0932. The lowest BCUT2D eigenvalue weighted by molar-refractivity contribution is -0.113. The minimum absolute atomic E-state index is 0.0846. The molecule has 0 bridgehead atoms. The minimum atomic E-state index is -0.345. The van der Waals surface area contributed by atoms with Gasteiger partial charge in [-0.3, -0.25) is 9.36 Å². The van der Waals surface area contributed by atoms with E-state index in [1.54, 1.807) is 4.57 Å². The molecule has 144 valence electrons. The molecule has 6 nitrogen and oxygen atoms in total. The Kier molecular flexibility index (Phi) is 6.34. The maximum Gasteiger partial charge on any atom is 0.348 e. The third-order valence-corrected chi connectivity index (χ3v) is 6.01. The molecule has 1 aromatic carbocycles. The average molecular weight is 388 g/mol. The van der Waals surface area contributed by atoms with Gasteiger partial charge in [0.15, 0.2) is 0 Å². The van der Waals surface area contributed by atoms with Gasteiger partial charge in [-0.25, -0.2) is 4.79 Å². The lowest BCUT2D eigenvalue weighted by Gasteiger charge is -2.22. The number of carbonyl (C=O) groups is 1. The predicted octanol–water partition coefficient (Wildman–Crippen LogP) is 2.46. The number of aliphatic hydroxyl groups is 1. The standard InChI is InChI=1S/C20H25N3O3S/c1-13-6-5-8-16(14(13)2)21-18(25)12-27-19-15-7-3-4-9-17(15)23(10-11-24)20(26)22-19/h5-6,8,24H,3-4,7,9-12H2,1-2H3,(H,21,25). The van der Waals surface area contributed by atoms with Crippen molar-refractivity contribution in [1.82, 2.24) is 9.55 Å². The highest BCUT2D eigenvalue weighted by Gasteiger charge is 2.21. The highest BCUT2D eigenvalue weighted by molar-refractivity contribution is 8.00. The van der Waals surface area contributed by atoms with Crippen LogP contribution in [-0.4, -0.2) is 32.9 Å². The van der Waals surface area contributed by atoms with Gasteiger partial charge in [0.05, 0.1) is 18.9 Å². The number of hydrogen-bond acceptors (Lipinski definition) is 5. The fourth-order valence-corrected chi connectivity index (χ4v) is 4.28. The highest BCUT2D eigenvalue weighted by atomic mass is 32.2. The van der Waals surface area contributed by atoms with Crippen molar-refractivity contribution in [2.75, 3.05) is 17.7 Å². The zero-order valence-electron chi connectivity index (χ0n) is 15.7. The summed E-state index contributed by atoms with van der Waals surface area (Å²) in [6.45, 7) is 4.18. The number of anilines is 1. The molecule has 0 aliphatic heterocycles. The Balaban J connectivity index is 1.76. The Morgan fingerprint density at radius 3 is 2.85 bits per heavy atom. The molecule has 2 N–H and O–H groups in total. The van der Waals surface area contributed by atoms with Crippen molar-refractivity contribution in [3.8, 4) is 0 Å². The van der Waals surface area contributed by atoms with Crippen molar-refractivity contribution in [3.63, 3.8) is 0 Å². The molecule has 0 radical (unpaired) electrons. The average Bonchev–Trinajstić information content (AvgIpc) is 2.66. The number of thioether (sulfide) groups is 1. The second-order valence-corrected chi connectivity index (χ2v) is 7.76. The van der Waals surface area contributed by atoms with E-state index in [1.165, 1.54) is 11.8 Å². The van der Waals surface area contributed by atoms with Gasteiger partial charge in [0, 0.05) is 16.9 Å². The van der Waals surface area contributed by atoms with Gasteiger partial charge in [0.25, 0.3) is 0 Å². The summed E-state index contributed by atoms with van der Waals surface area (Å²) in [5, 5.41) is 12.8. The third-order valence-electron chi connectivity index (χ3n) is 4.99. The molecule has 1 aromatic heterocycles. The molecule has 0 saturated carbocycles. The molecule has 1 aliphatic carbocycles. The molecule has 0 atom stereocenters. The number of aromatic nitrogens is 2. The normalized spacial score (nSPS) is 13.3. The molecule has 7 heteroatoms. The van der Waals surface area contributed by atoms with Crippen molar-refractivity contribution >= 4 is 23.4 Å². The van der Waals surface area contributed by atoms with Gasteiger partial charge in [-0.1, -0.05) is 23.9 Å². The maximum atomic E-state index is 12.4. The van der Waals surface area contributed by atoms with Crippen LogP contribution in [-0.2, 0) is 24.2 Å². The molecule has 27 heavy (non-hydrogen) atoms. The first-order valence-electron chi connectivity index (χ1n) is 9.23. The molecule has 0 spiro atoms. The topological polar surface area (TPSA) is 84.2 Å². The van der Waals surface area contributed by atoms with E-state index in [0.29, 0.717) is 5.03 Å². The van der Waals surface area contributed by atoms with Crippen LogP contribution in [0.15, 0.2) is 28.0 Å². The Hall–Kier alpha value is -2.12. The fraction of sp³-hybridized carbons (Fsp3) is 0.450. The first-order valence-corrected chi connectivity index (χ1v) is 10.2. The Labute approximate surface area is 163 Å². The van der Waals surface area contributed by atoms with E-state index in [2.05, 4.69) is 10.3 Å². The molecule has 0 saturated heterocycles. The highest BCUT2D eigenvalue weighted by Crippen LogP contribution is 2.28. The first-order chi connectivity index (χ1) is 13.0. The molecule has 0 unspecified atom stereocenters. The summed E-state index contributed by atoms with van der Waals surface area (Å²) in [6, 6.07) is 5.82. The van der Waals surface area contributed by atoms with Gasteiger partial charge >= 0.3 is 5.69 Å². The minimum Gasteiger partial charge on any atom is -0.395 e. The van der Waals surface area contributed by atoms with Gasteiger partial charge < -0.3 is 10.4 Å². The molecule has 3 rings (SSSR count). The van der Waals surface area contributed by atoms with E-state index in [9.17, 15) is 14.7 Å². The zero-order chi connectivity index (χ0) is 19.4. The lowest BCUT2D eigenvalue weighted by atomic mass is 9.97. The first kappa shape index (κ1) is 19.6. The zero-order valence-corrected chi connectivity index (χ0v) is 16.6. The Morgan fingerprint density at radius 2 is 2.07 bits per heavy atom. The van der Waals surface area contributed by atoms with Crippen molar-refractivity contribution in [2.24, 2.45) is 0 Å². The van der Waals surface area contributed by atoms with Crippen LogP contribution < -0.4 is 11.0 Å². The van der Waals surface area contributed by atoms with E-state index >= 15 is 0 Å². The molecule has 0 fully saturated rings. The molecule has 1 heterocycles. The molecule has 2 aromatic rings. The quantitative estimate of drug-likeness (QED) is 0.588. The van der Waals surface area contributed by atoms with Gasteiger partial charge in [0.1, 0.15) is 5.03 Å². The summed E-state index contributed by atoms with van der Waals surface area (Å²) in [4.78, 5) is 28.9. The van der Waals surface area contributed by atoms with Crippen molar-refractivity contribution in [1.29, 1.82) is 0 Å². The number of nitrogens with one attached hydrogen (secondary N) is 1. The summed E-state index contributed by atoms with van der Waals surface area (Å²) in [7, 11) is 0. The van der Waals surface area contributed by atoms with E-state index in [-0.39, 0.29) is 30.5 Å². The summed E-state index contributed by atoms with van der Waals surface area (Å²) in [5.41, 5.74) is 4.67. The van der Waals surface area contributed by atoms with Crippen molar-refractivity contribution < 1.29 is 9.90 Å². The van der Waals surface area contributed by atoms with Crippen molar-refractivity contribution in [3.05, 3.63) is 51.1 Å².